The molecule has 0 aromatic heterocycles. The Bertz CT molecular complexity index is 457. The van der Waals surface area contributed by atoms with Crippen molar-refractivity contribution < 1.29 is 14.6 Å². The van der Waals surface area contributed by atoms with Crippen molar-refractivity contribution in [3.63, 3.8) is 0 Å². The first-order valence-corrected chi connectivity index (χ1v) is 7.20. The first kappa shape index (κ1) is 14.9. The maximum absolute atomic E-state index is 11.5. The van der Waals surface area contributed by atoms with Gasteiger partial charge in [0.1, 0.15) is 11.3 Å². The Morgan fingerprint density at radius 3 is 2.75 bits per heavy atom. The maximum Gasteiger partial charge on any atom is 0.324 e. The quantitative estimate of drug-likeness (QED) is 0.839. The van der Waals surface area contributed by atoms with Crippen LogP contribution in [0.15, 0.2) is 24.3 Å². The number of benzene rings is 1. The Kier molecular flexibility index (Phi) is 4.65. The lowest BCUT2D eigenvalue weighted by atomic mass is 9.85. The van der Waals surface area contributed by atoms with Crippen LogP contribution >= 0.6 is 0 Å². The van der Waals surface area contributed by atoms with Gasteiger partial charge in [0.05, 0.1) is 6.61 Å². The third kappa shape index (κ3) is 2.96. The molecule has 0 spiro atoms. The second-order valence-corrected chi connectivity index (χ2v) is 5.57. The number of carboxylic acids is 1. The first-order valence-electron chi connectivity index (χ1n) is 7.20. The number of likely N-dealkylation sites (N-methyl/N-ethyl adjacent to an activating group) is 1. The number of aliphatic carboxylic acids is 1. The maximum atomic E-state index is 11.5. The van der Waals surface area contributed by atoms with Gasteiger partial charge in [0.25, 0.3) is 0 Å². The average molecular weight is 277 g/mol. The Morgan fingerprint density at radius 1 is 1.45 bits per heavy atom. The molecule has 20 heavy (non-hydrogen) atoms. The van der Waals surface area contributed by atoms with Gasteiger partial charge in [-0.1, -0.05) is 24.1 Å². The number of carboxylic acid groups (broad SMARTS) is 1. The normalized spacial score (nSPS) is 25.6. The van der Waals surface area contributed by atoms with E-state index in [-0.39, 0.29) is 5.92 Å². The summed E-state index contributed by atoms with van der Waals surface area (Å²) >= 11 is 0. The van der Waals surface area contributed by atoms with Gasteiger partial charge in [-0.3, -0.25) is 4.79 Å². The minimum absolute atomic E-state index is 0.135. The van der Waals surface area contributed by atoms with E-state index in [0.29, 0.717) is 13.0 Å². The highest BCUT2D eigenvalue weighted by molar-refractivity contribution is 5.79. The van der Waals surface area contributed by atoms with Crippen molar-refractivity contribution in [1.82, 2.24) is 5.32 Å². The topological polar surface area (TPSA) is 58.6 Å². The molecule has 1 saturated carbocycles. The van der Waals surface area contributed by atoms with E-state index in [0.717, 1.165) is 25.0 Å². The van der Waals surface area contributed by atoms with E-state index in [4.69, 9.17) is 4.74 Å². The fourth-order valence-electron chi connectivity index (χ4n) is 3.14. The van der Waals surface area contributed by atoms with Crippen LogP contribution in [-0.2, 0) is 4.79 Å². The number of rotatable bonds is 6. The summed E-state index contributed by atoms with van der Waals surface area (Å²) < 4.78 is 5.72. The lowest BCUT2D eigenvalue weighted by Gasteiger charge is -2.30. The van der Waals surface area contributed by atoms with E-state index in [1.807, 2.05) is 31.2 Å². The zero-order valence-electron chi connectivity index (χ0n) is 12.2. The molecule has 0 bridgehead atoms. The third-order valence-corrected chi connectivity index (χ3v) is 4.40. The zero-order chi connectivity index (χ0) is 14.6. The van der Waals surface area contributed by atoms with Crippen molar-refractivity contribution in [2.45, 2.75) is 38.1 Å². The highest BCUT2D eigenvalue weighted by atomic mass is 16.5. The van der Waals surface area contributed by atoms with Crippen molar-refractivity contribution in [2.75, 3.05) is 13.7 Å². The molecule has 2 unspecified atom stereocenters. The van der Waals surface area contributed by atoms with E-state index in [2.05, 4.69) is 5.32 Å². The highest BCUT2D eigenvalue weighted by Crippen LogP contribution is 2.38. The minimum Gasteiger partial charge on any atom is -0.494 e. The highest BCUT2D eigenvalue weighted by Gasteiger charge is 2.47. The first-order chi connectivity index (χ1) is 9.58. The summed E-state index contributed by atoms with van der Waals surface area (Å²) in [5.41, 5.74) is 0.435. The number of aryl methyl sites for hydroxylation is 1. The molecule has 1 aliphatic rings. The van der Waals surface area contributed by atoms with Gasteiger partial charge in [0.15, 0.2) is 0 Å². The summed E-state index contributed by atoms with van der Waals surface area (Å²) in [6.07, 6.45) is 3.38. The number of nitrogens with one attached hydrogen (secondary N) is 1. The molecule has 1 fully saturated rings. The molecule has 2 N–H and O–H groups in total. The summed E-state index contributed by atoms with van der Waals surface area (Å²) in [7, 11) is 1.74. The Hall–Kier alpha value is -1.55. The van der Waals surface area contributed by atoms with Crippen LogP contribution in [-0.4, -0.2) is 30.3 Å². The number of hydrogen-bond acceptors (Lipinski definition) is 3. The van der Waals surface area contributed by atoms with Crippen LogP contribution in [0.3, 0.4) is 0 Å². The largest absolute Gasteiger partial charge is 0.494 e. The summed E-state index contributed by atoms with van der Waals surface area (Å²) in [5.74, 6) is 0.243. The van der Waals surface area contributed by atoms with Gasteiger partial charge in [0.2, 0.25) is 0 Å². The smallest absolute Gasteiger partial charge is 0.324 e. The average Bonchev–Trinajstić information content (AvgIpc) is 2.85. The second-order valence-electron chi connectivity index (χ2n) is 5.57. The molecule has 0 radical (unpaired) electrons. The molecule has 0 aliphatic heterocycles. The molecule has 2 rings (SSSR count). The SMILES string of the molecule is CNC1(C(=O)O)CCCC1CCOc1ccc(C)cc1. The minimum atomic E-state index is -0.767. The van der Waals surface area contributed by atoms with Gasteiger partial charge >= 0.3 is 5.97 Å². The third-order valence-electron chi connectivity index (χ3n) is 4.40. The fraction of sp³-hybridized carbons (Fsp3) is 0.562. The lowest BCUT2D eigenvalue weighted by Crippen LogP contribution is -2.53. The van der Waals surface area contributed by atoms with Crippen LogP contribution in [0, 0.1) is 12.8 Å². The van der Waals surface area contributed by atoms with Crippen LogP contribution in [0.1, 0.15) is 31.2 Å². The standard InChI is InChI=1S/C16H23NO3/c1-12-5-7-14(8-6-12)20-11-9-13-4-3-10-16(13,17-2)15(18)19/h5-8,13,17H,3-4,9-11H2,1-2H3,(H,18,19). The Morgan fingerprint density at radius 2 is 2.15 bits per heavy atom. The molecule has 0 saturated heterocycles. The van der Waals surface area contributed by atoms with Gasteiger partial charge in [-0.25, -0.2) is 0 Å². The summed E-state index contributed by atoms with van der Waals surface area (Å²) in [5, 5.41) is 12.5. The molecule has 1 aliphatic carbocycles. The van der Waals surface area contributed by atoms with Crippen molar-refractivity contribution in [3.05, 3.63) is 29.8 Å². The fourth-order valence-corrected chi connectivity index (χ4v) is 3.14. The number of carbonyl (C=O) groups is 1. The van der Waals surface area contributed by atoms with Gasteiger partial charge < -0.3 is 15.2 Å². The van der Waals surface area contributed by atoms with Gasteiger partial charge in [-0.2, -0.15) is 0 Å². The van der Waals surface area contributed by atoms with Gasteiger partial charge in [-0.05, 0) is 51.3 Å². The molecular formula is C16H23NO3. The molecule has 4 nitrogen and oxygen atoms in total. The van der Waals surface area contributed by atoms with E-state index in [1.54, 1.807) is 7.05 Å². The molecule has 1 aromatic carbocycles. The Balaban J connectivity index is 1.90. The molecule has 0 heterocycles. The summed E-state index contributed by atoms with van der Waals surface area (Å²) in [6.45, 7) is 2.60. The molecule has 1 aromatic rings. The van der Waals surface area contributed by atoms with Crippen LogP contribution in [0.25, 0.3) is 0 Å². The van der Waals surface area contributed by atoms with Crippen molar-refractivity contribution in [3.8, 4) is 5.75 Å². The van der Waals surface area contributed by atoms with Crippen LogP contribution in [0.2, 0.25) is 0 Å². The zero-order valence-corrected chi connectivity index (χ0v) is 12.2. The van der Waals surface area contributed by atoms with E-state index in [1.165, 1.54) is 5.56 Å². The van der Waals surface area contributed by atoms with Crippen LogP contribution < -0.4 is 10.1 Å². The second kappa shape index (κ2) is 6.27. The molecule has 0 amide bonds. The molecule has 4 heteroatoms. The predicted octanol–water partition coefficient (Wildman–Crippen LogP) is 2.61. The predicted molar refractivity (Wildman–Crippen MR) is 78.1 cm³/mol. The van der Waals surface area contributed by atoms with Crippen molar-refractivity contribution in [2.24, 2.45) is 5.92 Å². The van der Waals surface area contributed by atoms with E-state index in [9.17, 15) is 9.90 Å². The van der Waals surface area contributed by atoms with E-state index < -0.39 is 11.5 Å². The Labute approximate surface area is 120 Å². The van der Waals surface area contributed by atoms with E-state index >= 15 is 0 Å². The number of hydrogen-bond donors (Lipinski definition) is 2. The molecular weight excluding hydrogens is 254 g/mol. The van der Waals surface area contributed by atoms with Gasteiger partial charge in [0, 0.05) is 0 Å². The summed E-state index contributed by atoms with van der Waals surface area (Å²) in [6, 6.07) is 7.93. The number of ether oxygens (including phenoxy) is 1. The summed E-state index contributed by atoms with van der Waals surface area (Å²) in [4.78, 5) is 11.5. The molecule has 2 atom stereocenters. The van der Waals surface area contributed by atoms with Crippen molar-refractivity contribution in [1.29, 1.82) is 0 Å². The van der Waals surface area contributed by atoms with Crippen LogP contribution in [0.4, 0.5) is 0 Å². The lowest BCUT2D eigenvalue weighted by molar-refractivity contribution is -0.146. The van der Waals surface area contributed by atoms with Crippen LogP contribution in [0.5, 0.6) is 5.75 Å². The monoisotopic (exact) mass is 277 g/mol. The molecule has 110 valence electrons. The van der Waals surface area contributed by atoms with Crippen molar-refractivity contribution >= 4 is 5.97 Å². The van der Waals surface area contributed by atoms with Gasteiger partial charge in [-0.15, -0.1) is 0 Å².